The lowest BCUT2D eigenvalue weighted by Crippen LogP contribution is -2.61. The van der Waals surface area contributed by atoms with Crippen LogP contribution in [0.3, 0.4) is 0 Å². The number of hydrogen-bond donors (Lipinski definition) is 21. The van der Waals surface area contributed by atoms with E-state index in [0.717, 1.165) is 28.5 Å². The Hall–Kier alpha value is -10.7. The topological polar surface area (TPSA) is 588 Å². The largest absolute Gasteiger partial charge is 0.508 e. The van der Waals surface area contributed by atoms with Crippen molar-refractivity contribution in [3.63, 3.8) is 0 Å². The minimum atomic E-state index is -1.94. The van der Waals surface area contributed by atoms with E-state index in [1.165, 1.54) is 62.4 Å². The zero-order chi connectivity index (χ0) is 73.0. The van der Waals surface area contributed by atoms with Gasteiger partial charge in [0, 0.05) is 74.2 Å². The highest BCUT2D eigenvalue weighted by molar-refractivity contribution is 8.76. The number of primary amides is 3. The molecule has 0 saturated carbocycles. The van der Waals surface area contributed by atoms with Crippen molar-refractivity contribution < 1.29 is 82.4 Å². The normalized spacial score (nSPS) is 23.6. The molecule has 14 amide bonds. The van der Waals surface area contributed by atoms with Crippen LogP contribution in [0.25, 0.3) is 10.9 Å². The van der Waals surface area contributed by atoms with Crippen molar-refractivity contribution in [2.75, 3.05) is 24.7 Å². The van der Waals surface area contributed by atoms with Crippen LogP contribution in [-0.4, -0.2) is 200 Å². The van der Waals surface area contributed by atoms with Gasteiger partial charge in [0.05, 0.1) is 6.61 Å². The van der Waals surface area contributed by atoms with Gasteiger partial charge in [-0.05, 0) is 86.6 Å². The van der Waals surface area contributed by atoms with E-state index in [4.69, 9.17) is 28.3 Å². The number of carbonyl (C=O) groups is 14. The summed E-state index contributed by atoms with van der Waals surface area (Å²) >= 11 is 0. The number of aromatic hydroxyl groups is 2. The number of carbonyl (C=O) groups excluding carboxylic acids is 14. The predicted octanol–water partition coefficient (Wildman–Crippen LogP) is -5.33. The van der Waals surface area contributed by atoms with E-state index in [9.17, 15) is 82.4 Å². The van der Waals surface area contributed by atoms with E-state index in [1.807, 2.05) is 0 Å². The number of para-hydroxylation sites is 1. The van der Waals surface area contributed by atoms with Crippen molar-refractivity contribution in [1.82, 2.24) is 68.8 Å². The summed E-state index contributed by atoms with van der Waals surface area (Å²) in [4.78, 5) is 196. The number of aliphatic hydroxyl groups is 1. The van der Waals surface area contributed by atoms with Crippen LogP contribution in [0.2, 0.25) is 0 Å². The van der Waals surface area contributed by atoms with Gasteiger partial charge in [-0.3, -0.25) is 72.5 Å². The van der Waals surface area contributed by atoms with Crippen molar-refractivity contribution >= 4 is 121 Å². The third kappa shape index (κ3) is 26.3. The van der Waals surface area contributed by atoms with Gasteiger partial charge in [0.25, 0.3) is 0 Å². The molecule has 2 heterocycles. The molecule has 25 N–H and O–H groups in total. The Morgan fingerprint density at radius 2 is 0.929 bits per heavy atom. The molecule has 99 heavy (non-hydrogen) atoms. The summed E-state index contributed by atoms with van der Waals surface area (Å²) in [6, 6.07) is 0.0487. The zero-order valence-electron chi connectivity index (χ0n) is 54.2. The lowest BCUT2D eigenvalue weighted by atomic mass is 10.0. The third-order valence-electron chi connectivity index (χ3n) is 15.2. The Morgan fingerprint density at radius 3 is 1.42 bits per heavy atom. The number of aromatic amines is 1. The lowest BCUT2D eigenvalue weighted by molar-refractivity contribution is -0.136. The summed E-state index contributed by atoms with van der Waals surface area (Å²) in [6.07, 6.45) is -1.67. The number of amides is 14. The maximum Gasteiger partial charge on any atom is 0.245 e. The van der Waals surface area contributed by atoms with Crippen molar-refractivity contribution in [3.05, 3.63) is 95.7 Å². The summed E-state index contributed by atoms with van der Waals surface area (Å²) in [6.45, 7) is 2.35. The van der Waals surface area contributed by atoms with Crippen LogP contribution in [0.5, 0.6) is 11.5 Å². The standard InChI is InChI=1S/C62H84N18O17S2/c1-30-52(88)73-41(18-20-49(63)85)54(90)70-31(2)53(89)80-47(51(65)87)28-98-99-29-48(72-32(3)82)61(97)77-44(24-34-12-16-37(84)17-13-34)58(94)75-42(19-21-50(64)86)56(92)79-46(27-81)60(96)78-45(25-35-26-69-39-8-5-4-7-38(35)39)59(95)74-40(9-6-22-68-62(66)67)55(91)76-43(57(93)71-30)23-33-10-14-36(83)15-11-33/h4-5,7-8,10-17,26,30-31,40-48,69,81,83-84H,6,9,18-25,27-29H2,1-3H3,(H2,63,85)(H2,64,86)(H2,65,87)(H,70,90)(H,71,93)(H,72,82)(H,73,88)(H,74,95)(H,75,94)(H,76,91)(H,77,97)(H,78,96)(H,79,92)(H,80,89)(H4,66,67,68)/t30-,31-,40-,41?,42-,43?,44?,45?,46-,47?,48-/m0/s1. The number of benzene rings is 3. The second-order valence-corrected chi connectivity index (χ2v) is 25.7. The molecule has 536 valence electrons. The number of hydrogen-bond acceptors (Lipinski definition) is 20. The number of guanidine groups is 1. The molecule has 37 heteroatoms. The van der Waals surface area contributed by atoms with E-state index in [1.54, 1.807) is 30.5 Å². The highest BCUT2D eigenvalue weighted by Crippen LogP contribution is 2.24. The van der Waals surface area contributed by atoms with E-state index >= 15 is 0 Å². The van der Waals surface area contributed by atoms with Crippen LogP contribution in [-0.2, 0) is 86.4 Å². The van der Waals surface area contributed by atoms with Gasteiger partial charge in [-0.15, -0.1) is 0 Å². The molecule has 3 aromatic carbocycles. The van der Waals surface area contributed by atoms with E-state index < -0.39 is 187 Å². The molecule has 5 unspecified atom stereocenters. The highest BCUT2D eigenvalue weighted by atomic mass is 33.1. The number of nitrogens with two attached hydrogens (primary N) is 4. The van der Waals surface area contributed by atoms with Crippen LogP contribution in [0.15, 0.2) is 79.0 Å². The van der Waals surface area contributed by atoms with Crippen molar-refractivity contribution in [2.24, 2.45) is 22.9 Å². The first-order valence-electron chi connectivity index (χ1n) is 31.1. The fraction of sp³-hybridized carbons (Fsp3) is 0.435. The number of phenols is 2. The average Bonchev–Trinajstić information content (AvgIpc) is 1.81. The van der Waals surface area contributed by atoms with Crippen molar-refractivity contribution in [1.29, 1.82) is 5.41 Å². The molecule has 5 rings (SSSR count). The summed E-state index contributed by atoms with van der Waals surface area (Å²) in [5, 5.41) is 69.1. The number of aromatic nitrogens is 1. The number of aliphatic hydroxyl groups excluding tert-OH is 1. The van der Waals surface area contributed by atoms with Gasteiger partial charge in [0.1, 0.15) is 78.0 Å². The second-order valence-electron chi connectivity index (χ2n) is 23.2. The summed E-state index contributed by atoms with van der Waals surface area (Å²) in [5.74, 6) is -15.4. The molecule has 0 radical (unpaired) electrons. The second kappa shape index (κ2) is 38.9. The van der Waals surface area contributed by atoms with Crippen LogP contribution >= 0.6 is 21.6 Å². The molecular formula is C62H84N18O17S2. The van der Waals surface area contributed by atoms with Gasteiger partial charge in [0.2, 0.25) is 82.7 Å². The minimum Gasteiger partial charge on any atom is -0.508 e. The first kappa shape index (κ1) is 79.0. The minimum absolute atomic E-state index is 0.0111. The van der Waals surface area contributed by atoms with E-state index in [0.29, 0.717) is 27.6 Å². The Labute approximate surface area is 575 Å². The number of fused-ring (bicyclic) bond motifs is 1. The highest BCUT2D eigenvalue weighted by Gasteiger charge is 2.37. The first-order chi connectivity index (χ1) is 46.9. The number of nitrogens with one attached hydrogen (secondary N) is 14. The zero-order valence-corrected chi connectivity index (χ0v) is 55.9. The molecule has 0 bridgehead atoms. The Balaban J connectivity index is 1.60. The Bertz CT molecular complexity index is 3580. The van der Waals surface area contributed by atoms with Gasteiger partial charge in [-0.2, -0.15) is 0 Å². The van der Waals surface area contributed by atoms with Crippen molar-refractivity contribution in [2.45, 2.75) is 145 Å². The number of phenolic OH excluding ortho intramolecular Hbond substituents is 2. The maximum absolute atomic E-state index is 14.9. The molecule has 11 atom stereocenters. The van der Waals surface area contributed by atoms with Gasteiger partial charge >= 0.3 is 0 Å². The summed E-state index contributed by atoms with van der Waals surface area (Å²) < 4.78 is 0. The Kier molecular flexibility index (Phi) is 31.0. The average molecular weight is 1420 g/mol. The van der Waals surface area contributed by atoms with Crippen molar-refractivity contribution in [3.8, 4) is 11.5 Å². The third-order valence-corrected chi connectivity index (χ3v) is 17.6. The van der Waals surface area contributed by atoms with Gasteiger partial charge < -0.3 is 107 Å². The smallest absolute Gasteiger partial charge is 0.245 e. The molecule has 0 aliphatic carbocycles. The maximum atomic E-state index is 14.9. The molecule has 35 nitrogen and oxygen atoms in total. The molecule has 1 aromatic heterocycles. The predicted molar refractivity (Wildman–Crippen MR) is 361 cm³/mol. The van der Waals surface area contributed by atoms with Gasteiger partial charge in [0.15, 0.2) is 5.96 Å². The van der Waals surface area contributed by atoms with E-state index in [-0.39, 0.29) is 61.7 Å². The lowest BCUT2D eigenvalue weighted by Gasteiger charge is -2.28. The number of H-pyrrole nitrogens is 1. The molecule has 4 aromatic rings. The van der Waals surface area contributed by atoms with Gasteiger partial charge in [-0.1, -0.05) is 64.1 Å². The Morgan fingerprint density at radius 1 is 0.515 bits per heavy atom. The molecule has 1 saturated heterocycles. The van der Waals surface area contributed by atoms with Crippen LogP contribution in [0, 0.1) is 5.41 Å². The monoisotopic (exact) mass is 1420 g/mol. The van der Waals surface area contributed by atoms with Crippen LogP contribution in [0.1, 0.15) is 76.0 Å². The molecule has 1 aliphatic rings. The first-order valence-corrected chi connectivity index (χ1v) is 33.6. The van der Waals surface area contributed by atoms with Gasteiger partial charge in [-0.25, -0.2) is 0 Å². The van der Waals surface area contributed by atoms with Crippen LogP contribution < -0.4 is 86.7 Å². The fourth-order valence-corrected chi connectivity index (χ4v) is 12.2. The van der Waals surface area contributed by atoms with Crippen LogP contribution in [0.4, 0.5) is 0 Å². The molecule has 0 spiro atoms. The molecule has 1 aliphatic heterocycles. The quantitative estimate of drug-likeness (QED) is 0.0180. The summed E-state index contributed by atoms with van der Waals surface area (Å²) in [7, 11) is 1.81. The fourth-order valence-electron chi connectivity index (χ4n) is 9.83. The summed E-state index contributed by atoms with van der Waals surface area (Å²) in [5.41, 5.74) is 23.9. The molecule has 1 fully saturated rings. The number of rotatable bonds is 19. The SMILES string of the molecule is CC(=O)N[C@H]1CSSCC(C(N)=O)NC(=O)[C@H](C)NC(=O)C(CCC(N)=O)NC(=O)[C@H](C)NC(=O)C(Cc2ccc(O)cc2)NC(=O)[C@H](CCCNC(=N)N)NC(=O)C(Cc2c[nH]c3ccccc23)NC(=O)[C@H](CO)NC(=O)[C@H](CCC(N)=O)NC(=O)C(Cc2ccc(O)cc2)NC1=O. The molecular weight excluding hydrogens is 1330 g/mol. The van der Waals surface area contributed by atoms with E-state index in [2.05, 4.69) is 68.8 Å².